The lowest BCUT2D eigenvalue weighted by Gasteiger charge is -2.24. The Bertz CT molecular complexity index is 270. The number of carbonyl (C=O) groups is 1. The molecule has 0 heterocycles. The third-order valence-corrected chi connectivity index (χ3v) is 4.86. The van der Waals surface area contributed by atoms with E-state index in [1.54, 1.807) is 20.8 Å². The maximum atomic E-state index is 12.6. The van der Waals surface area contributed by atoms with Gasteiger partial charge >= 0.3 is 13.6 Å². The van der Waals surface area contributed by atoms with Gasteiger partial charge in [0.15, 0.2) is 5.66 Å². The first kappa shape index (κ1) is 17.6. The molecule has 0 amide bonds. The van der Waals surface area contributed by atoms with Crippen molar-refractivity contribution in [3.63, 3.8) is 0 Å². The van der Waals surface area contributed by atoms with Crippen LogP contribution in [0.4, 0.5) is 0 Å². The number of esters is 1. The molecule has 0 N–H and O–H groups in total. The molecule has 0 aromatic carbocycles. The summed E-state index contributed by atoms with van der Waals surface area (Å²) >= 11 is 0. The summed E-state index contributed by atoms with van der Waals surface area (Å²) in [4.78, 5) is 11.9. The van der Waals surface area contributed by atoms with Crippen LogP contribution in [0.25, 0.3) is 0 Å². The smallest absolute Gasteiger partial charge is 0.344 e. The predicted molar refractivity (Wildman–Crippen MR) is 70.8 cm³/mol. The van der Waals surface area contributed by atoms with Crippen LogP contribution in [0.3, 0.4) is 0 Å². The fourth-order valence-corrected chi connectivity index (χ4v) is 3.60. The fraction of sp³-hybridized carbons (Fsp3) is 0.917. The van der Waals surface area contributed by atoms with Gasteiger partial charge in [0.05, 0.1) is 19.8 Å². The van der Waals surface area contributed by atoms with Crippen LogP contribution in [0.15, 0.2) is 0 Å². The summed E-state index contributed by atoms with van der Waals surface area (Å²) in [6.45, 7) is 7.95. The summed E-state index contributed by atoms with van der Waals surface area (Å²) in [5, 5.41) is 0. The molecule has 0 aliphatic heterocycles. The molecule has 6 heteroatoms. The summed E-state index contributed by atoms with van der Waals surface area (Å²) in [5.41, 5.74) is -0.808. The maximum absolute atomic E-state index is 12.6. The molecule has 108 valence electrons. The molecule has 1 unspecified atom stereocenters. The van der Waals surface area contributed by atoms with Crippen LogP contribution >= 0.6 is 7.60 Å². The number of carbonyl (C=O) groups excluding carboxylic acids is 1. The van der Waals surface area contributed by atoms with Gasteiger partial charge in [-0.2, -0.15) is 0 Å². The Morgan fingerprint density at radius 3 is 2.00 bits per heavy atom. The first-order chi connectivity index (χ1) is 8.55. The fourth-order valence-electron chi connectivity index (χ4n) is 1.62. The van der Waals surface area contributed by atoms with Gasteiger partial charge in [0.25, 0.3) is 0 Å². The standard InChI is InChI=1S/C12H25O5P/c1-5-9-10-11(12(13)15-6-2)18(14,16-7-3)17-8-4/h11H,5-10H2,1-4H3. The van der Waals surface area contributed by atoms with E-state index < -0.39 is 19.2 Å². The van der Waals surface area contributed by atoms with Crippen molar-refractivity contribution in [3.05, 3.63) is 0 Å². The molecule has 18 heavy (non-hydrogen) atoms. The van der Waals surface area contributed by atoms with Gasteiger partial charge in [-0.3, -0.25) is 9.36 Å². The minimum absolute atomic E-state index is 0.249. The quantitative estimate of drug-likeness (QED) is 0.453. The molecule has 0 saturated carbocycles. The van der Waals surface area contributed by atoms with Crippen LogP contribution in [0, 0.1) is 0 Å². The second-order valence-corrected chi connectivity index (χ2v) is 6.00. The van der Waals surface area contributed by atoms with Gasteiger partial charge in [0, 0.05) is 0 Å². The zero-order valence-electron chi connectivity index (χ0n) is 11.8. The Hall–Kier alpha value is -0.380. The molecule has 0 aliphatic carbocycles. The number of hydrogen-bond donors (Lipinski definition) is 0. The van der Waals surface area contributed by atoms with Crippen molar-refractivity contribution >= 4 is 13.6 Å². The lowest BCUT2D eigenvalue weighted by Crippen LogP contribution is -2.26. The van der Waals surface area contributed by atoms with Gasteiger partial charge in [-0.15, -0.1) is 0 Å². The second kappa shape index (κ2) is 9.54. The Morgan fingerprint density at radius 1 is 1.06 bits per heavy atom. The van der Waals surface area contributed by atoms with Crippen LogP contribution in [0.5, 0.6) is 0 Å². The van der Waals surface area contributed by atoms with E-state index in [9.17, 15) is 9.36 Å². The van der Waals surface area contributed by atoms with Crippen LogP contribution in [0.1, 0.15) is 47.0 Å². The van der Waals surface area contributed by atoms with Gasteiger partial charge in [-0.05, 0) is 27.2 Å². The van der Waals surface area contributed by atoms with Crippen LogP contribution in [-0.2, 0) is 23.1 Å². The van der Waals surface area contributed by atoms with Gasteiger partial charge in [-0.1, -0.05) is 19.8 Å². The highest BCUT2D eigenvalue weighted by Gasteiger charge is 2.41. The molecule has 0 rings (SSSR count). The molecule has 0 aromatic rings. The Morgan fingerprint density at radius 2 is 1.61 bits per heavy atom. The molecule has 0 fully saturated rings. The summed E-state index contributed by atoms with van der Waals surface area (Å²) in [5.74, 6) is -0.490. The summed E-state index contributed by atoms with van der Waals surface area (Å²) in [6, 6.07) is 0. The summed E-state index contributed by atoms with van der Waals surface area (Å²) < 4.78 is 28.0. The maximum Gasteiger partial charge on any atom is 0.344 e. The summed E-state index contributed by atoms with van der Waals surface area (Å²) in [6.07, 6.45) is 2.16. The Balaban J connectivity index is 4.96. The van der Waals surface area contributed by atoms with Crippen LogP contribution in [0.2, 0.25) is 0 Å². The molecule has 0 spiro atoms. The van der Waals surface area contributed by atoms with Crippen LogP contribution in [-0.4, -0.2) is 31.4 Å². The van der Waals surface area contributed by atoms with E-state index in [4.69, 9.17) is 13.8 Å². The SMILES string of the molecule is CCCCC(C(=O)OCC)P(=O)(OCC)OCC. The second-order valence-electron chi connectivity index (χ2n) is 3.79. The molecule has 0 aliphatic rings. The van der Waals surface area contributed by atoms with Crippen molar-refractivity contribution in [1.82, 2.24) is 0 Å². The summed E-state index contributed by atoms with van der Waals surface area (Å²) in [7, 11) is -3.42. The van der Waals surface area contributed by atoms with Gasteiger partial charge < -0.3 is 13.8 Å². The van der Waals surface area contributed by atoms with Gasteiger partial charge in [0.2, 0.25) is 0 Å². The van der Waals surface area contributed by atoms with Gasteiger partial charge in [0.1, 0.15) is 0 Å². The van der Waals surface area contributed by atoms with E-state index >= 15 is 0 Å². The van der Waals surface area contributed by atoms with E-state index in [-0.39, 0.29) is 19.8 Å². The first-order valence-corrected chi connectivity index (χ1v) is 8.22. The van der Waals surface area contributed by atoms with Crippen molar-refractivity contribution in [2.75, 3.05) is 19.8 Å². The average Bonchev–Trinajstić information content (AvgIpc) is 2.30. The lowest BCUT2D eigenvalue weighted by atomic mass is 10.2. The lowest BCUT2D eigenvalue weighted by molar-refractivity contribution is -0.143. The van der Waals surface area contributed by atoms with E-state index in [0.29, 0.717) is 6.42 Å². The third kappa shape index (κ3) is 5.51. The molecule has 5 nitrogen and oxygen atoms in total. The Kier molecular flexibility index (Phi) is 9.34. The number of rotatable bonds is 10. The first-order valence-electron chi connectivity index (χ1n) is 6.61. The third-order valence-electron chi connectivity index (χ3n) is 2.39. The van der Waals surface area contributed by atoms with Crippen LogP contribution < -0.4 is 0 Å². The molecule has 1 atom stereocenters. The van der Waals surface area contributed by atoms with Gasteiger partial charge in [-0.25, -0.2) is 0 Å². The highest BCUT2D eigenvalue weighted by Crippen LogP contribution is 2.55. The normalized spacial score (nSPS) is 13.3. The van der Waals surface area contributed by atoms with E-state index in [1.807, 2.05) is 6.92 Å². The highest BCUT2D eigenvalue weighted by atomic mass is 31.2. The van der Waals surface area contributed by atoms with Crippen molar-refractivity contribution in [2.45, 2.75) is 52.6 Å². The number of unbranched alkanes of at least 4 members (excludes halogenated alkanes) is 1. The average molecular weight is 280 g/mol. The molecular formula is C12H25O5P. The van der Waals surface area contributed by atoms with Crippen molar-refractivity contribution in [1.29, 1.82) is 0 Å². The monoisotopic (exact) mass is 280 g/mol. The molecule has 0 radical (unpaired) electrons. The zero-order chi connectivity index (χ0) is 14.0. The van der Waals surface area contributed by atoms with E-state index in [2.05, 4.69) is 0 Å². The molecule has 0 aromatic heterocycles. The van der Waals surface area contributed by atoms with E-state index in [1.165, 1.54) is 0 Å². The van der Waals surface area contributed by atoms with E-state index in [0.717, 1.165) is 12.8 Å². The topological polar surface area (TPSA) is 61.8 Å². The number of ether oxygens (including phenoxy) is 1. The molecule has 0 bridgehead atoms. The largest absolute Gasteiger partial charge is 0.465 e. The Labute approximate surface area is 110 Å². The highest BCUT2D eigenvalue weighted by molar-refractivity contribution is 7.55. The zero-order valence-corrected chi connectivity index (χ0v) is 12.7. The van der Waals surface area contributed by atoms with Crippen molar-refractivity contribution < 1.29 is 23.1 Å². The van der Waals surface area contributed by atoms with Crippen molar-refractivity contribution in [3.8, 4) is 0 Å². The predicted octanol–water partition coefficient (Wildman–Crippen LogP) is 3.37. The minimum Gasteiger partial charge on any atom is -0.465 e. The molecule has 0 saturated heterocycles. The number of hydrogen-bond acceptors (Lipinski definition) is 5. The minimum atomic E-state index is -3.42. The van der Waals surface area contributed by atoms with Crippen molar-refractivity contribution in [2.24, 2.45) is 0 Å². The molecular weight excluding hydrogens is 255 g/mol.